The Morgan fingerprint density at radius 3 is 2.55 bits per heavy atom. The van der Waals surface area contributed by atoms with Gasteiger partial charge in [-0.1, -0.05) is 11.3 Å². The molecule has 1 heterocycles. The molecule has 0 aliphatic rings. The highest BCUT2D eigenvalue weighted by Gasteiger charge is 2.35. The smallest absolute Gasteiger partial charge is 0.382 e. The van der Waals surface area contributed by atoms with Gasteiger partial charge in [0.25, 0.3) is 5.91 Å². The largest absolute Gasteiger partial charge is 0.406 e. The molecule has 0 bridgehead atoms. The summed E-state index contributed by atoms with van der Waals surface area (Å²) in [6.07, 6.45) is -4.45. The molecule has 1 amide bonds. The predicted octanol–water partition coefficient (Wildman–Crippen LogP) is 2.57. The number of nitrogens with two attached hydrogens (primary N) is 1. The number of amides is 1. The van der Waals surface area contributed by atoms with E-state index in [0.29, 0.717) is 11.7 Å². The third-order valence-corrected chi connectivity index (χ3v) is 3.43. The molecule has 114 valence electrons. The summed E-state index contributed by atoms with van der Waals surface area (Å²) in [4.78, 5) is 16.9. The van der Waals surface area contributed by atoms with Gasteiger partial charge in [0.05, 0.1) is 0 Å². The lowest BCUT2D eigenvalue weighted by Crippen LogP contribution is -2.43. The first-order chi connectivity index (χ1) is 9.15. The third-order valence-electron chi connectivity index (χ3n) is 2.41. The summed E-state index contributed by atoms with van der Waals surface area (Å²) in [5.74, 6) is -0.805. The molecule has 0 aliphatic heterocycles. The second-order valence-corrected chi connectivity index (χ2v) is 5.40. The first kappa shape index (κ1) is 16.5. The lowest BCUT2D eigenvalue weighted by Gasteiger charge is -2.27. The van der Waals surface area contributed by atoms with E-state index in [1.807, 2.05) is 6.92 Å². The molecule has 0 spiro atoms. The summed E-state index contributed by atoms with van der Waals surface area (Å²) < 4.78 is 37.6. The van der Waals surface area contributed by atoms with Crippen molar-refractivity contribution in [3.8, 4) is 0 Å². The minimum absolute atomic E-state index is 0.0268. The lowest BCUT2D eigenvalue weighted by atomic mass is 10.3. The fraction of sp³-hybridized carbons (Fsp3) is 0.636. The fourth-order valence-corrected chi connectivity index (χ4v) is 2.43. The number of anilines is 2. The second kappa shape index (κ2) is 6.29. The van der Waals surface area contributed by atoms with Gasteiger partial charge in [0.15, 0.2) is 5.13 Å². The zero-order chi connectivity index (χ0) is 15.5. The molecule has 9 heteroatoms. The molecule has 1 aromatic rings. The van der Waals surface area contributed by atoms with E-state index in [4.69, 9.17) is 5.73 Å². The van der Waals surface area contributed by atoms with E-state index in [2.05, 4.69) is 10.3 Å². The maximum absolute atomic E-state index is 12.5. The molecule has 5 nitrogen and oxygen atoms in total. The molecule has 0 fully saturated rings. The van der Waals surface area contributed by atoms with Crippen molar-refractivity contribution in [1.29, 1.82) is 0 Å². The summed E-state index contributed by atoms with van der Waals surface area (Å²) in [6, 6.07) is -0.590. The first-order valence-electron chi connectivity index (χ1n) is 6.03. The van der Waals surface area contributed by atoms with Crippen molar-refractivity contribution in [3.05, 3.63) is 4.88 Å². The quantitative estimate of drug-likeness (QED) is 0.877. The van der Waals surface area contributed by atoms with Crippen LogP contribution in [0.25, 0.3) is 0 Å². The van der Waals surface area contributed by atoms with Crippen LogP contribution in [0.2, 0.25) is 0 Å². The van der Waals surface area contributed by atoms with E-state index in [0.717, 1.165) is 16.2 Å². The molecule has 0 aliphatic carbocycles. The van der Waals surface area contributed by atoms with Crippen LogP contribution in [0.3, 0.4) is 0 Å². The average Bonchev–Trinajstić information content (AvgIpc) is 2.65. The maximum Gasteiger partial charge on any atom is 0.406 e. The number of nitrogens with zero attached hydrogens (tertiary/aromatic N) is 2. The summed E-state index contributed by atoms with van der Waals surface area (Å²) in [7, 11) is 0. The Kier molecular flexibility index (Phi) is 5.21. The summed E-state index contributed by atoms with van der Waals surface area (Å²) >= 11 is 0.958. The van der Waals surface area contributed by atoms with Crippen LogP contribution in [-0.4, -0.2) is 41.1 Å². The molecular formula is C11H17F3N4OS. The van der Waals surface area contributed by atoms with Crippen LogP contribution < -0.4 is 11.1 Å². The Morgan fingerprint density at radius 2 is 2.10 bits per heavy atom. The Balaban J connectivity index is 3.00. The van der Waals surface area contributed by atoms with Gasteiger partial charge in [0.1, 0.15) is 17.2 Å². The minimum atomic E-state index is -4.45. The summed E-state index contributed by atoms with van der Waals surface area (Å²) in [5, 5.41) is 3.29. The summed E-state index contributed by atoms with van der Waals surface area (Å²) in [5.41, 5.74) is 5.60. The second-order valence-electron chi connectivity index (χ2n) is 4.41. The number of rotatable bonds is 5. The zero-order valence-corrected chi connectivity index (χ0v) is 12.2. The number of thiazole rings is 1. The Bertz CT molecular complexity index is 473. The molecule has 0 saturated heterocycles. The monoisotopic (exact) mass is 310 g/mol. The van der Waals surface area contributed by atoms with Gasteiger partial charge < -0.3 is 16.0 Å². The van der Waals surface area contributed by atoms with Crippen LogP contribution >= 0.6 is 11.3 Å². The van der Waals surface area contributed by atoms with E-state index in [9.17, 15) is 18.0 Å². The van der Waals surface area contributed by atoms with Crippen LogP contribution in [0.1, 0.15) is 30.4 Å². The zero-order valence-electron chi connectivity index (χ0n) is 11.4. The van der Waals surface area contributed by atoms with Gasteiger partial charge in [0.2, 0.25) is 0 Å². The molecule has 1 aromatic heterocycles. The van der Waals surface area contributed by atoms with Crippen molar-refractivity contribution in [3.63, 3.8) is 0 Å². The molecule has 0 saturated carbocycles. The van der Waals surface area contributed by atoms with Crippen molar-refractivity contribution in [2.24, 2.45) is 0 Å². The molecule has 3 N–H and O–H groups in total. The van der Waals surface area contributed by atoms with Crippen molar-refractivity contribution >= 4 is 28.2 Å². The van der Waals surface area contributed by atoms with Crippen molar-refractivity contribution in [1.82, 2.24) is 9.88 Å². The highest BCUT2D eigenvalue weighted by molar-refractivity contribution is 7.18. The minimum Gasteiger partial charge on any atom is -0.382 e. The van der Waals surface area contributed by atoms with Gasteiger partial charge in [-0.15, -0.1) is 0 Å². The lowest BCUT2D eigenvalue weighted by molar-refractivity contribution is -0.143. The molecule has 20 heavy (non-hydrogen) atoms. The number of hydrogen-bond donors (Lipinski definition) is 2. The topological polar surface area (TPSA) is 71.2 Å². The molecule has 0 unspecified atom stereocenters. The molecule has 1 rings (SSSR count). The molecule has 0 radical (unpaired) electrons. The van der Waals surface area contributed by atoms with Crippen LogP contribution in [0.15, 0.2) is 0 Å². The highest BCUT2D eigenvalue weighted by atomic mass is 32.1. The predicted molar refractivity (Wildman–Crippen MR) is 72.9 cm³/mol. The van der Waals surface area contributed by atoms with E-state index < -0.39 is 24.7 Å². The molecule has 0 atom stereocenters. The Morgan fingerprint density at radius 1 is 1.50 bits per heavy atom. The Labute approximate surface area is 119 Å². The molecule has 0 aromatic carbocycles. The van der Waals surface area contributed by atoms with Gasteiger partial charge >= 0.3 is 6.18 Å². The van der Waals surface area contributed by atoms with Crippen molar-refractivity contribution < 1.29 is 18.0 Å². The average molecular weight is 310 g/mol. The number of carbonyl (C=O) groups is 1. The van der Waals surface area contributed by atoms with Crippen LogP contribution in [0.4, 0.5) is 24.1 Å². The van der Waals surface area contributed by atoms with Gasteiger partial charge in [-0.25, -0.2) is 4.98 Å². The van der Waals surface area contributed by atoms with Crippen molar-refractivity contribution in [2.75, 3.05) is 24.1 Å². The number of alkyl halides is 3. The van der Waals surface area contributed by atoms with Crippen LogP contribution in [0, 0.1) is 0 Å². The SMILES string of the molecule is CCNc1nc(N)c(C(=O)N(CC(F)(F)F)C(C)C)s1. The van der Waals surface area contributed by atoms with E-state index in [-0.39, 0.29) is 10.7 Å². The van der Waals surface area contributed by atoms with Crippen LogP contribution in [0.5, 0.6) is 0 Å². The number of nitrogens with one attached hydrogen (secondary N) is 1. The number of aromatic nitrogens is 1. The Hall–Kier alpha value is -1.51. The number of halogens is 3. The van der Waals surface area contributed by atoms with E-state index in [1.54, 1.807) is 0 Å². The summed E-state index contributed by atoms with van der Waals surface area (Å²) in [6.45, 7) is 4.15. The number of carbonyl (C=O) groups excluding carboxylic acids is 1. The van der Waals surface area contributed by atoms with Crippen LogP contribution in [-0.2, 0) is 0 Å². The normalized spacial score (nSPS) is 11.8. The van der Waals surface area contributed by atoms with E-state index >= 15 is 0 Å². The van der Waals surface area contributed by atoms with Crippen molar-refractivity contribution in [2.45, 2.75) is 33.0 Å². The van der Waals surface area contributed by atoms with E-state index in [1.165, 1.54) is 13.8 Å². The van der Waals surface area contributed by atoms with Gasteiger partial charge in [-0.2, -0.15) is 13.2 Å². The first-order valence-corrected chi connectivity index (χ1v) is 6.85. The molecular weight excluding hydrogens is 293 g/mol. The van der Waals surface area contributed by atoms with Gasteiger partial charge in [-0.05, 0) is 20.8 Å². The number of nitrogen functional groups attached to an aromatic ring is 1. The highest BCUT2D eigenvalue weighted by Crippen LogP contribution is 2.28. The third kappa shape index (κ3) is 4.26. The van der Waals surface area contributed by atoms with Gasteiger partial charge in [0, 0.05) is 12.6 Å². The van der Waals surface area contributed by atoms with Gasteiger partial charge in [-0.3, -0.25) is 4.79 Å². The maximum atomic E-state index is 12.5. The fourth-order valence-electron chi connectivity index (χ4n) is 1.52. The standard InChI is InChI=1S/C11H17F3N4OS/c1-4-16-10-17-8(15)7(20-10)9(19)18(6(2)3)5-11(12,13)14/h6H,4-5,15H2,1-3H3,(H,16,17). The number of hydrogen-bond acceptors (Lipinski definition) is 5.